The van der Waals surface area contributed by atoms with Gasteiger partial charge in [-0.15, -0.1) is 0 Å². The van der Waals surface area contributed by atoms with E-state index >= 15 is 0 Å². The number of amides is 1. The largest absolute Gasteiger partial charge is 0.496 e. The third-order valence-electron chi connectivity index (χ3n) is 5.67. The Bertz CT molecular complexity index is 1000. The van der Waals surface area contributed by atoms with E-state index in [2.05, 4.69) is 20.7 Å². The number of aryl methyl sites for hydroxylation is 1. The van der Waals surface area contributed by atoms with Crippen LogP contribution in [0.5, 0.6) is 5.75 Å². The molecule has 1 aliphatic heterocycles. The maximum atomic E-state index is 12.8. The highest BCUT2D eigenvalue weighted by Crippen LogP contribution is 2.30. The SMILES string of the molecule is COc1cc(C)c(S(=O)(=O)NC(=N)NCCC[C@H](NC(=O)[C@@H]2CCCN2)C(=O)O)c(C)c1C. The first-order chi connectivity index (χ1) is 15.5. The first-order valence-corrected chi connectivity index (χ1v) is 12.2. The lowest BCUT2D eigenvalue weighted by molar-refractivity contribution is -0.142. The zero-order valence-electron chi connectivity index (χ0n) is 19.4. The number of carboxylic acid groups (broad SMARTS) is 1. The summed E-state index contributed by atoms with van der Waals surface area (Å²) >= 11 is 0. The average molecular weight is 484 g/mol. The van der Waals surface area contributed by atoms with Crippen LogP contribution in [0.2, 0.25) is 0 Å². The standard InChI is InChI=1S/C21H33N5O6S/c1-12-11-17(32-4)13(2)14(3)18(12)33(30,31)26-21(22)24-10-6-8-16(20(28)29)25-19(27)15-7-5-9-23-15/h11,15-16,23H,5-10H2,1-4H3,(H,25,27)(H,28,29)(H3,22,24,26)/t15-,16-/m0/s1. The van der Waals surface area contributed by atoms with Gasteiger partial charge >= 0.3 is 5.97 Å². The minimum absolute atomic E-state index is 0.0847. The summed E-state index contributed by atoms with van der Waals surface area (Å²) in [6, 6.07) is 0.205. The van der Waals surface area contributed by atoms with Gasteiger partial charge in [0.25, 0.3) is 10.0 Å². The normalized spacial score (nSPS) is 16.7. The molecule has 184 valence electrons. The van der Waals surface area contributed by atoms with Crippen molar-refractivity contribution in [3.63, 3.8) is 0 Å². The summed E-state index contributed by atoms with van der Waals surface area (Å²) in [7, 11) is -2.50. The smallest absolute Gasteiger partial charge is 0.326 e. The molecule has 11 nitrogen and oxygen atoms in total. The number of aliphatic carboxylic acids is 1. The molecule has 0 saturated carbocycles. The molecule has 1 aromatic rings. The van der Waals surface area contributed by atoms with Crippen LogP contribution in [0, 0.1) is 26.2 Å². The van der Waals surface area contributed by atoms with E-state index in [0.717, 1.165) is 13.0 Å². The summed E-state index contributed by atoms with van der Waals surface area (Å²) in [6.07, 6.45) is 1.98. The predicted octanol–water partition coefficient (Wildman–Crippen LogP) is 0.525. The van der Waals surface area contributed by atoms with Crippen molar-refractivity contribution in [3.8, 4) is 5.75 Å². The first-order valence-electron chi connectivity index (χ1n) is 10.7. The van der Waals surface area contributed by atoms with Crippen molar-refractivity contribution in [1.82, 2.24) is 20.7 Å². The van der Waals surface area contributed by atoms with E-state index in [1.807, 2.05) is 0 Å². The van der Waals surface area contributed by atoms with Crippen LogP contribution in [0.4, 0.5) is 0 Å². The summed E-state index contributed by atoms with van der Waals surface area (Å²) in [6.45, 7) is 5.98. The molecule has 33 heavy (non-hydrogen) atoms. The maximum absolute atomic E-state index is 12.8. The molecular formula is C21H33N5O6S. The zero-order chi connectivity index (χ0) is 24.8. The molecule has 0 radical (unpaired) electrons. The summed E-state index contributed by atoms with van der Waals surface area (Å²) in [5, 5.41) is 25.5. The fourth-order valence-corrected chi connectivity index (χ4v) is 5.31. The summed E-state index contributed by atoms with van der Waals surface area (Å²) in [4.78, 5) is 23.7. The molecule has 1 amide bonds. The molecule has 1 aromatic carbocycles. The van der Waals surface area contributed by atoms with Gasteiger partial charge in [0.15, 0.2) is 0 Å². The average Bonchev–Trinajstić information content (AvgIpc) is 3.27. The van der Waals surface area contributed by atoms with Gasteiger partial charge in [0.1, 0.15) is 11.8 Å². The van der Waals surface area contributed by atoms with Crippen LogP contribution in [0.3, 0.4) is 0 Å². The molecule has 1 fully saturated rings. The number of rotatable bonds is 10. The number of carbonyl (C=O) groups excluding carboxylic acids is 1. The van der Waals surface area contributed by atoms with Crippen LogP contribution in [-0.2, 0) is 19.6 Å². The third-order valence-corrected chi connectivity index (χ3v) is 7.30. The zero-order valence-corrected chi connectivity index (χ0v) is 20.2. The third kappa shape index (κ3) is 6.81. The number of guanidine groups is 1. The highest BCUT2D eigenvalue weighted by Gasteiger charge is 2.27. The lowest BCUT2D eigenvalue weighted by Gasteiger charge is -2.19. The highest BCUT2D eigenvalue weighted by molar-refractivity contribution is 7.90. The number of ether oxygens (including phenoxy) is 1. The van der Waals surface area contributed by atoms with E-state index < -0.39 is 28.0 Å². The van der Waals surface area contributed by atoms with Crippen LogP contribution in [0.15, 0.2) is 11.0 Å². The molecule has 1 saturated heterocycles. The van der Waals surface area contributed by atoms with Crippen molar-refractivity contribution >= 4 is 27.9 Å². The first kappa shape index (κ1) is 26.4. The molecule has 12 heteroatoms. The Morgan fingerprint density at radius 2 is 2.00 bits per heavy atom. The molecule has 1 aliphatic rings. The molecule has 0 spiro atoms. The molecule has 0 unspecified atom stereocenters. The minimum Gasteiger partial charge on any atom is -0.496 e. The topological polar surface area (TPSA) is 170 Å². The van der Waals surface area contributed by atoms with Gasteiger partial charge in [-0.2, -0.15) is 0 Å². The molecule has 1 heterocycles. The van der Waals surface area contributed by atoms with Gasteiger partial charge in [0, 0.05) is 6.54 Å². The number of methoxy groups -OCH3 is 1. The number of sulfonamides is 1. The number of hydrogen-bond donors (Lipinski definition) is 6. The van der Waals surface area contributed by atoms with Crippen LogP contribution < -0.4 is 25.4 Å². The fraction of sp³-hybridized carbons (Fsp3) is 0.571. The summed E-state index contributed by atoms with van der Waals surface area (Å²) < 4.78 is 33.2. The molecule has 6 N–H and O–H groups in total. The van der Waals surface area contributed by atoms with Crippen molar-refractivity contribution in [2.24, 2.45) is 0 Å². The van der Waals surface area contributed by atoms with Gasteiger partial charge in [-0.1, -0.05) is 0 Å². The molecule has 2 atom stereocenters. The molecule has 2 rings (SSSR count). The van der Waals surface area contributed by atoms with Crippen molar-refractivity contribution in [2.75, 3.05) is 20.2 Å². The quantitative estimate of drug-likeness (QED) is 0.159. The highest BCUT2D eigenvalue weighted by atomic mass is 32.2. The number of nitrogens with one attached hydrogen (secondary N) is 5. The Balaban J connectivity index is 1.90. The van der Waals surface area contributed by atoms with E-state index in [1.165, 1.54) is 7.11 Å². The number of hydrogen-bond acceptors (Lipinski definition) is 7. The molecular weight excluding hydrogens is 450 g/mol. The van der Waals surface area contributed by atoms with Gasteiger partial charge < -0.3 is 25.8 Å². The number of benzene rings is 1. The maximum Gasteiger partial charge on any atom is 0.326 e. The van der Waals surface area contributed by atoms with Crippen LogP contribution in [0.1, 0.15) is 42.4 Å². The second-order valence-corrected chi connectivity index (χ2v) is 9.69. The number of carboxylic acids is 1. The van der Waals surface area contributed by atoms with Crippen LogP contribution in [-0.4, -0.2) is 63.6 Å². The van der Waals surface area contributed by atoms with E-state index in [-0.39, 0.29) is 29.8 Å². The van der Waals surface area contributed by atoms with Crippen molar-refractivity contribution in [2.45, 2.75) is 63.4 Å². The van der Waals surface area contributed by atoms with E-state index in [0.29, 0.717) is 35.3 Å². The van der Waals surface area contributed by atoms with Crippen LogP contribution in [0.25, 0.3) is 0 Å². The second kappa shape index (κ2) is 11.3. The Labute approximate surface area is 194 Å². The van der Waals surface area contributed by atoms with E-state index in [9.17, 15) is 23.1 Å². The Morgan fingerprint density at radius 1 is 1.30 bits per heavy atom. The van der Waals surface area contributed by atoms with Crippen molar-refractivity contribution < 1.29 is 27.9 Å². The lowest BCUT2D eigenvalue weighted by Crippen LogP contribution is -2.48. The molecule has 0 aliphatic carbocycles. The minimum atomic E-state index is -4.01. The molecule has 0 bridgehead atoms. The summed E-state index contributed by atoms with van der Waals surface area (Å²) in [5.41, 5.74) is 1.72. The Hall–Kier alpha value is -2.86. The van der Waals surface area contributed by atoms with Crippen molar-refractivity contribution in [1.29, 1.82) is 5.41 Å². The molecule has 0 aromatic heterocycles. The van der Waals surface area contributed by atoms with Gasteiger partial charge in [0.2, 0.25) is 11.9 Å². The Kier molecular flexibility index (Phi) is 9.06. The number of carbonyl (C=O) groups is 2. The van der Waals surface area contributed by atoms with Gasteiger partial charge in [-0.3, -0.25) is 10.2 Å². The van der Waals surface area contributed by atoms with Gasteiger partial charge in [0.05, 0.1) is 18.0 Å². The predicted molar refractivity (Wildman–Crippen MR) is 123 cm³/mol. The van der Waals surface area contributed by atoms with Gasteiger partial charge in [-0.05, 0) is 75.8 Å². The lowest BCUT2D eigenvalue weighted by atomic mass is 10.1. The second-order valence-electron chi connectivity index (χ2n) is 8.07. The Morgan fingerprint density at radius 3 is 2.58 bits per heavy atom. The van der Waals surface area contributed by atoms with E-state index in [4.69, 9.17) is 10.1 Å². The summed E-state index contributed by atoms with van der Waals surface area (Å²) in [5.74, 6) is -1.32. The fourth-order valence-electron chi connectivity index (χ4n) is 3.83. The van der Waals surface area contributed by atoms with Crippen molar-refractivity contribution in [3.05, 3.63) is 22.8 Å². The van der Waals surface area contributed by atoms with Crippen LogP contribution >= 0.6 is 0 Å². The monoisotopic (exact) mass is 483 g/mol. The van der Waals surface area contributed by atoms with E-state index in [1.54, 1.807) is 26.8 Å². The van der Waals surface area contributed by atoms with Gasteiger partial charge in [-0.25, -0.2) is 17.9 Å².